The maximum absolute atomic E-state index is 12.6. The largest absolute Gasteiger partial charge is 0.497 e. The molecule has 1 aliphatic rings. The third-order valence-corrected chi connectivity index (χ3v) is 5.45. The third kappa shape index (κ3) is 4.60. The molecule has 2 N–H and O–H groups in total. The van der Waals surface area contributed by atoms with E-state index in [1.807, 2.05) is 13.0 Å². The maximum atomic E-state index is 12.6. The molecule has 1 heterocycles. The van der Waals surface area contributed by atoms with Crippen LogP contribution in [0, 0.1) is 6.92 Å². The molecule has 0 radical (unpaired) electrons. The van der Waals surface area contributed by atoms with Crippen molar-refractivity contribution in [1.29, 1.82) is 0 Å². The summed E-state index contributed by atoms with van der Waals surface area (Å²) in [6.07, 6.45) is 2.30. The predicted octanol–water partition coefficient (Wildman–Crippen LogP) is 3.57. The number of para-hydroxylation sites is 1. The first kappa shape index (κ1) is 20.7. The van der Waals surface area contributed by atoms with Gasteiger partial charge in [0.2, 0.25) is 5.91 Å². The highest BCUT2D eigenvalue weighted by molar-refractivity contribution is 6.04. The number of aryl methyl sites for hydroxylation is 1. The van der Waals surface area contributed by atoms with Crippen LogP contribution in [-0.2, 0) is 11.2 Å². The first-order chi connectivity index (χ1) is 15.0. The van der Waals surface area contributed by atoms with Crippen molar-refractivity contribution in [1.82, 2.24) is 5.32 Å². The molecule has 0 spiro atoms. The van der Waals surface area contributed by atoms with Gasteiger partial charge in [-0.1, -0.05) is 12.1 Å². The van der Waals surface area contributed by atoms with Gasteiger partial charge in [-0.3, -0.25) is 9.59 Å². The number of anilines is 1. The quantitative estimate of drug-likeness (QED) is 0.570. The lowest BCUT2D eigenvalue weighted by Crippen LogP contribution is -2.27. The Kier molecular flexibility index (Phi) is 5.75. The summed E-state index contributed by atoms with van der Waals surface area (Å²) in [7, 11) is 1.55. The molecule has 0 unspecified atom stereocenters. The monoisotopic (exact) mass is 420 g/mol. The van der Waals surface area contributed by atoms with E-state index in [-0.39, 0.29) is 30.7 Å². The number of amides is 2. The average Bonchev–Trinajstić information content (AvgIpc) is 3.57. The molecule has 2 aromatic carbocycles. The summed E-state index contributed by atoms with van der Waals surface area (Å²) in [6.45, 7) is 1.84. The van der Waals surface area contributed by atoms with E-state index in [0.717, 1.165) is 23.8 Å². The fourth-order valence-electron chi connectivity index (χ4n) is 3.52. The Balaban J connectivity index is 1.48. The molecular weight excluding hydrogens is 396 g/mol. The van der Waals surface area contributed by atoms with E-state index >= 15 is 0 Å². The molecule has 1 saturated carbocycles. The SMILES string of the molecule is COc1ccc2c(C)c(CCC(=O)Nc3ccccc3C(=O)NC3CC3)c(=O)oc2c1. The molecule has 0 bridgehead atoms. The van der Waals surface area contributed by atoms with Crippen LogP contribution in [0.3, 0.4) is 0 Å². The van der Waals surface area contributed by atoms with Crippen LogP contribution >= 0.6 is 0 Å². The van der Waals surface area contributed by atoms with Gasteiger partial charge < -0.3 is 19.8 Å². The minimum atomic E-state index is -0.463. The average molecular weight is 420 g/mol. The fraction of sp³-hybridized carbons (Fsp3) is 0.292. The summed E-state index contributed by atoms with van der Waals surface area (Å²) in [5.74, 6) is 0.131. The molecule has 7 heteroatoms. The number of hydrogen-bond acceptors (Lipinski definition) is 5. The zero-order valence-electron chi connectivity index (χ0n) is 17.5. The molecule has 0 atom stereocenters. The Bertz CT molecular complexity index is 1210. The minimum absolute atomic E-state index is 0.0891. The number of methoxy groups -OCH3 is 1. The number of rotatable bonds is 7. The van der Waals surface area contributed by atoms with Crippen LogP contribution in [0.4, 0.5) is 5.69 Å². The van der Waals surface area contributed by atoms with E-state index in [1.165, 1.54) is 0 Å². The van der Waals surface area contributed by atoms with E-state index in [9.17, 15) is 14.4 Å². The van der Waals surface area contributed by atoms with Crippen molar-refractivity contribution in [3.05, 3.63) is 69.6 Å². The van der Waals surface area contributed by atoms with Crippen LogP contribution in [0.1, 0.15) is 40.7 Å². The number of benzene rings is 2. The number of hydrogen-bond donors (Lipinski definition) is 2. The van der Waals surface area contributed by atoms with Crippen molar-refractivity contribution in [3.8, 4) is 5.75 Å². The van der Waals surface area contributed by atoms with Gasteiger partial charge in [-0.25, -0.2) is 4.79 Å². The minimum Gasteiger partial charge on any atom is -0.497 e. The first-order valence-corrected chi connectivity index (χ1v) is 10.3. The van der Waals surface area contributed by atoms with Gasteiger partial charge in [-0.05, 0) is 56.0 Å². The molecule has 1 aromatic heterocycles. The topological polar surface area (TPSA) is 97.6 Å². The Morgan fingerprint density at radius 1 is 1.16 bits per heavy atom. The number of fused-ring (bicyclic) bond motifs is 1. The number of ether oxygens (including phenoxy) is 1. The van der Waals surface area contributed by atoms with Crippen LogP contribution in [0.2, 0.25) is 0 Å². The van der Waals surface area contributed by atoms with Gasteiger partial charge in [0.25, 0.3) is 5.91 Å². The molecular formula is C24H24N2O5. The lowest BCUT2D eigenvalue weighted by molar-refractivity contribution is -0.116. The van der Waals surface area contributed by atoms with Crippen LogP contribution in [-0.4, -0.2) is 25.0 Å². The van der Waals surface area contributed by atoms with Gasteiger partial charge in [0, 0.05) is 29.5 Å². The van der Waals surface area contributed by atoms with Crippen LogP contribution < -0.4 is 21.0 Å². The Morgan fingerprint density at radius 3 is 2.68 bits per heavy atom. The van der Waals surface area contributed by atoms with E-state index in [1.54, 1.807) is 43.5 Å². The summed E-state index contributed by atoms with van der Waals surface area (Å²) in [6, 6.07) is 12.4. The van der Waals surface area contributed by atoms with Crippen LogP contribution in [0.15, 0.2) is 51.7 Å². The van der Waals surface area contributed by atoms with Gasteiger partial charge in [0.15, 0.2) is 0 Å². The van der Waals surface area contributed by atoms with E-state index in [4.69, 9.17) is 9.15 Å². The molecule has 3 aromatic rings. The Morgan fingerprint density at radius 2 is 1.94 bits per heavy atom. The zero-order chi connectivity index (χ0) is 22.0. The van der Waals surface area contributed by atoms with E-state index in [2.05, 4.69) is 10.6 Å². The molecule has 4 rings (SSSR count). The number of carbonyl (C=O) groups is 2. The van der Waals surface area contributed by atoms with Crippen LogP contribution in [0.25, 0.3) is 11.0 Å². The molecule has 2 amide bonds. The molecule has 0 saturated heterocycles. The number of nitrogens with one attached hydrogen (secondary N) is 2. The normalized spacial score (nSPS) is 13.1. The van der Waals surface area contributed by atoms with Gasteiger partial charge in [-0.15, -0.1) is 0 Å². The highest BCUT2D eigenvalue weighted by Crippen LogP contribution is 2.25. The summed E-state index contributed by atoms with van der Waals surface area (Å²) in [5, 5.41) is 6.53. The summed E-state index contributed by atoms with van der Waals surface area (Å²) in [4.78, 5) is 37.5. The second-order valence-electron chi connectivity index (χ2n) is 7.70. The van der Waals surface area contributed by atoms with Crippen molar-refractivity contribution in [2.24, 2.45) is 0 Å². The second kappa shape index (κ2) is 8.63. The molecule has 1 aliphatic carbocycles. The van der Waals surface area contributed by atoms with Crippen molar-refractivity contribution in [2.75, 3.05) is 12.4 Å². The standard InChI is InChI=1S/C24H24N2O5/c1-14-17-10-9-16(30-2)13-21(17)31-24(29)18(14)11-12-22(27)26-20-6-4-3-5-19(20)23(28)25-15-7-8-15/h3-6,9-10,13,15H,7-8,11-12H2,1-2H3,(H,25,28)(H,26,27). The Labute approximate surface area is 179 Å². The molecule has 31 heavy (non-hydrogen) atoms. The highest BCUT2D eigenvalue weighted by atomic mass is 16.5. The highest BCUT2D eigenvalue weighted by Gasteiger charge is 2.25. The van der Waals surface area contributed by atoms with Gasteiger partial charge >= 0.3 is 5.63 Å². The molecule has 160 valence electrons. The van der Waals surface area contributed by atoms with E-state index < -0.39 is 5.63 Å². The molecule has 1 fully saturated rings. The lowest BCUT2D eigenvalue weighted by atomic mass is 10.0. The van der Waals surface area contributed by atoms with Gasteiger partial charge in [-0.2, -0.15) is 0 Å². The third-order valence-electron chi connectivity index (χ3n) is 5.45. The van der Waals surface area contributed by atoms with Crippen molar-refractivity contribution >= 4 is 28.5 Å². The van der Waals surface area contributed by atoms with Crippen molar-refractivity contribution in [2.45, 2.75) is 38.6 Å². The van der Waals surface area contributed by atoms with Gasteiger partial charge in [0.05, 0.1) is 18.4 Å². The smallest absolute Gasteiger partial charge is 0.339 e. The van der Waals surface area contributed by atoms with Crippen molar-refractivity contribution in [3.63, 3.8) is 0 Å². The maximum Gasteiger partial charge on any atom is 0.339 e. The Hall–Kier alpha value is -3.61. The first-order valence-electron chi connectivity index (χ1n) is 10.3. The zero-order valence-corrected chi connectivity index (χ0v) is 17.5. The van der Waals surface area contributed by atoms with Gasteiger partial charge in [0.1, 0.15) is 11.3 Å². The predicted molar refractivity (Wildman–Crippen MR) is 118 cm³/mol. The fourth-order valence-corrected chi connectivity index (χ4v) is 3.52. The summed E-state index contributed by atoms with van der Waals surface area (Å²) in [5.41, 5.74) is 2.12. The van der Waals surface area contributed by atoms with E-state index in [0.29, 0.717) is 28.1 Å². The van der Waals surface area contributed by atoms with Crippen molar-refractivity contribution < 1.29 is 18.7 Å². The van der Waals surface area contributed by atoms with Crippen LogP contribution in [0.5, 0.6) is 5.75 Å². The second-order valence-corrected chi connectivity index (χ2v) is 7.70. The molecule has 7 nitrogen and oxygen atoms in total. The molecule has 0 aliphatic heterocycles. The summed E-state index contributed by atoms with van der Waals surface area (Å²) >= 11 is 0. The number of carbonyl (C=O) groups excluding carboxylic acids is 2. The summed E-state index contributed by atoms with van der Waals surface area (Å²) < 4.78 is 10.6. The lowest BCUT2D eigenvalue weighted by Gasteiger charge is -2.12.